The average molecular weight is 388 g/mol. The minimum atomic E-state index is -0.261. The van der Waals surface area contributed by atoms with Gasteiger partial charge in [-0.1, -0.05) is 29.9 Å². The summed E-state index contributed by atoms with van der Waals surface area (Å²) in [5.41, 5.74) is 1.82. The predicted molar refractivity (Wildman–Crippen MR) is 106 cm³/mol. The lowest BCUT2D eigenvalue weighted by Crippen LogP contribution is -2.25. The van der Waals surface area contributed by atoms with E-state index in [2.05, 4.69) is 19.9 Å². The molecule has 0 radical (unpaired) electrons. The van der Waals surface area contributed by atoms with Crippen molar-refractivity contribution in [1.82, 2.24) is 19.5 Å². The molecule has 4 rings (SSSR count). The quantitative estimate of drug-likeness (QED) is 0.679. The van der Waals surface area contributed by atoms with Crippen molar-refractivity contribution in [3.05, 3.63) is 49.6 Å². The predicted octanol–water partition coefficient (Wildman–Crippen LogP) is 3.71. The highest BCUT2D eigenvalue weighted by molar-refractivity contribution is 7.71. The number of halogens is 1. The monoisotopic (exact) mass is 387 g/mol. The fraction of sp³-hybridized carbons (Fsp3) is 0.333. The Bertz CT molecular complexity index is 1130. The molecule has 2 aromatic heterocycles. The third-order valence-corrected chi connectivity index (χ3v) is 5.58. The van der Waals surface area contributed by atoms with E-state index in [0.29, 0.717) is 32.5 Å². The maximum Gasteiger partial charge on any atom is 0.264 e. The third-order valence-electron chi connectivity index (χ3n) is 4.78. The number of hydrogen-bond acceptors (Lipinski definition) is 5. The number of aryl methyl sites for hydroxylation is 1. The van der Waals surface area contributed by atoms with Crippen molar-refractivity contribution in [2.75, 3.05) is 18.0 Å². The molecule has 0 saturated carbocycles. The van der Waals surface area contributed by atoms with E-state index in [1.807, 2.05) is 32.0 Å². The van der Waals surface area contributed by atoms with Crippen LogP contribution in [0.3, 0.4) is 0 Å². The number of nitrogens with one attached hydrogen (secondary N) is 1. The molecule has 1 aliphatic heterocycles. The van der Waals surface area contributed by atoms with Crippen LogP contribution in [0, 0.1) is 18.5 Å². The first-order valence-electron chi connectivity index (χ1n) is 8.51. The number of benzene rings is 1. The van der Waals surface area contributed by atoms with E-state index in [9.17, 15) is 4.79 Å². The van der Waals surface area contributed by atoms with E-state index in [1.54, 1.807) is 4.57 Å². The van der Waals surface area contributed by atoms with E-state index in [1.165, 1.54) is 0 Å². The molecule has 3 aromatic rings. The SMILES string of the molecule is Cc1c(Cl)cccc1-n1c(C)nc2nc(N3CCCC3)[nH]c(=O)c2c1=S. The highest BCUT2D eigenvalue weighted by atomic mass is 35.5. The van der Waals surface area contributed by atoms with E-state index in [-0.39, 0.29) is 5.56 Å². The van der Waals surface area contributed by atoms with E-state index in [4.69, 9.17) is 23.8 Å². The van der Waals surface area contributed by atoms with Crippen molar-refractivity contribution < 1.29 is 0 Å². The summed E-state index contributed by atoms with van der Waals surface area (Å²) >= 11 is 11.9. The molecule has 1 saturated heterocycles. The van der Waals surface area contributed by atoms with Gasteiger partial charge in [-0.05, 0) is 44.4 Å². The standard InChI is InChI=1S/C18H18ClN5OS/c1-10-12(19)6-5-7-13(10)24-11(2)20-15-14(17(24)26)16(25)22-18(21-15)23-8-3-4-9-23/h5-7H,3-4,8-9H2,1-2H3,(H,21,22,25). The number of aromatic amines is 1. The Morgan fingerprint density at radius 1 is 1.19 bits per heavy atom. The molecule has 0 unspecified atom stereocenters. The van der Waals surface area contributed by atoms with Crippen LogP contribution in [-0.4, -0.2) is 32.6 Å². The molecule has 3 heterocycles. The second-order valence-electron chi connectivity index (χ2n) is 6.47. The summed E-state index contributed by atoms with van der Waals surface area (Å²) < 4.78 is 2.17. The molecule has 1 aliphatic rings. The topological polar surface area (TPSA) is 66.8 Å². The van der Waals surface area contributed by atoms with Gasteiger partial charge in [-0.15, -0.1) is 0 Å². The molecule has 134 valence electrons. The van der Waals surface area contributed by atoms with Crippen LogP contribution in [0.2, 0.25) is 5.02 Å². The van der Waals surface area contributed by atoms with Gasteiger partial charge < -0.3 is 4.90 Å². The molecule has 0 amide bonds. The van der Waals surface area contributed by atoms with Crippen molar-refractivity contribution in [3.63, 3.8) is 0 Å². The molecule has 1 N–H and O–H groups in total. The van der Waals surface area contributed by atoms with E-state index < -0.39 is 0 Å². The molecule has 6 nitrogen and oxygen atoms in total. The van der Waals surface area contributed by atoms with Gasteiger partial charge in [0, 0.05) is 18.1 Å². The highest BCUT2D eigenvalue weighted by Gasteiger charge is 2.19. The summed E-state index contributed by atoms with van der Waals surface area (Å²) in [4.78, 5) is 26.8. The summed E-state index contributed by atoms with van der Waals surface area (Å²) in [7, 11) is 0. The van der Waals surface area contributed by atoms with E-state index >= 15 is 0 Å². The first-order chi connectivity index (χ1) is 12.5. The van der Waals surface area contributed by atoms with Crippen LogP contribution in [0.1, 0.15) is 24.2 Å². The summed E-state index contributed by atoms with van der Waals surface area (Å²) in [6, 6.07) is 5.59. The maximum atomic E-state index is 12.8. The molecule has 0 aliphatic carbocycles. The van der Waals surface area contributed by atoms with Crippen LogP contribution in [0.4, 0.5) is 5.95 Å². The first-order valence-corrected chi connectivity index (χ1v) is 9.30. The minimum Gasteiger partial charge on any atom is -0.342 e. The molecule has 26 heavy (non-hydrogen) atoms. The number of anilines is 1. The summed E-state index contributed by atoms with van der Waals surface area (Å²) in [5, 5.41) is 0.966. The highest BCUT2D eigenvalue weighted by Crippen LogP contribution is 2.25. The molecule has 0 spiro atoms. The molecular weight excluding hydrogens is 370 g/mol. The Balaban J connectivity index is 1.99. The van der Waals surface area contributed by atoms with Crippen LogP contribution < -0.4 is 10.5 Å². The van der Waals surface area contributed by atoms with Crippen LogP contribution in [0.5, 0.6) is 0 Å². The van der Waals surface area contributed by atoms with Gasteiger partial charge in [0.2, 0.25) is 5.95 Å². The van der Waals surface area contributed by atoms with Crippen molar-refractivity contribution in [1.29, 1.82) is 0 Å². The zero-order chi connectivity index (χ0) is 18.4. The van der Waals surface area contributed by atoms with Crippen LogP contribution in [-0.2, 0) is 0 Å². The fourth-order valence-corrected chi connectivity index (χ4v) is 3.97. The number of nitrogens with zero attached hydrogens (tertiary/aromatic N) is 4. The van der Waals surface area contributed by atoms with E-state index in [0.717, 1.165) is 37.2 Å². The number of rotatable bonds is 2. The van der Waals surface area contributed by atoms with Gasteiger partial charge in [-0.2, -0.15) is 4.98 Å². The van der Waals surface area contributed by atoms with Crippen LogP contribution in [0.25, 0.3) is 16.7 Å². The maximum absolute atomic E-state index is 12.8. The Hall–Kier alpha value is -2.25. The smallest absolute Gasteiger partial charge is 0.264 e. The second kappa shape index (κ2) is 6.48. The zero-order valence-corrected chi connectivity index (χ0v) is 16.1. The molecule has 1 fully saturated rings. The summed E-state index contributed by atoms with van der Waals surface area (Å²) in [6.45, 7) is 5.56. The zero-order valence-electron chi connectivity index (χ0n) is 14.5. The Kier molecular flexibility index (Phi) is 4.28. The molecule has 8 heteroatoms. The Morgan fingerprint density at radius 2 is 1.92 bits per heavy atom. The number of fused-ring (bicyclic) bond motifs is 1. The number of hydrogen-bond donors (Lipinski definition) is 1. The second-order valence-corrected chi connectivity index (χ2v) is 7.26. The van der Waals surface area contributed by atoms with Gasteiger partial charge in [-0.3, -0.25) is 14.3 Å². The molecule has 0 bridgehead atoms. The molecular formula is C18H18ClN5OS. The Labute approximate surface area is 160 Å². The fourth-order valence-electron chi connectivity index (χ4n) is 3.39. The number of aromatic nitrogens is 4. The normalized spacial score (nSPS) is 14.3. The van der Waals surface area contributed by atoms with Crippen molar-refractivity contribution in [2.24, 2.45) is 0 Å². The van der Waals surface area contributed by atoms with Gasteiger partial charge in [0.25, 0.3) is 5.56 Å². The van der Waals surface area contributed by atoms with Crippen molar-refractivity contribution in [2.45, 2.75) is 26.7 Å². The van der Waals surface area contributed by atoms with Gasteiger partial charge in [0.1, 0.15) is 15.9 Å². The molecule has 0 atom stereocenters. The summed E-state index contributed by atoms with van der Waals surface area (Å²) in [6.07, 6.45) is 2.20. The molecule has 1 aromatic carbocycles. The van der Waals surface area contributed by atoms with Crippen molar-refractivity contribution >= 4 is 40.8 Å². The van der Waals surface area contributed by atoms with Gasteiger partial charge in [0.05, 0.1) is 5.69 Å². The van der Waals surface area contributed by atoms with Crippen molar-refractivity contribution in [3.8, 4) is 5.69 Å². The lowest BCUT2D eigenvalue weighted by Gasteiger charge is -2.17. The third kappa shape index (κ3) is 2.71. The van der Waals surface area contributed by atoms with Crippen LogP contribution >= 0.6 is 23.8 Å². The number of H-pyrrole nitrogens is 1. The average Bonchev–Trinajstić information content (AvgIpc) is 3.12. The minimum absolute atomic E-state index is 0.261. The van der Waals surface area contributed by atoms with Gasteiger partial charge in [-0.25, -0.2) is 4.98 Å². The van der Waals surface area contributed by atoms with Gasteiger partial charge >= 0.3 is 0 Å². The Morgan fingerprint density at radius 3 is 2.65 bits per heavy atom. The van der Waals surface area contributed by atoms with Crippen LogP contribution in [0.15, 0.2) is 23.0 Å². The lowest BCUT2D eigenvalue weighted by atomic mass is 10.2. The first kappa shape index (κ1) is 17.2. The van der Waals surface area contributed by atoms with Gasteiger partial charge in [0.15, 0.2) is 5.65 Å². The summed E-state index contributed by atoms with van der Waals surface area (Å²) in [5.74, 6) is 1.23. The lowest BCUT2D eigenvalue weighted by molar-refractivity contribution is 0.873. The largest absolute Gasteiger partial charge is 0.342 e.